The summed E-state index contributed by atoms with van der Waals surface area (Å²) >= 11 is 0. The number of allylic oxidation sites excluding steroid dienone is 2. The van der Waals surface area contributed by atoms with Crippen LogP contribution in [0.3, 0.4) is 0 Å². The van der Waals surface area contributed by atoms with Crippen LogP contribution in [0.5, 0.6) is 11.5 Å². The highest BCUT2D eigenvalue weighted by molar-refractivity contribution is 5.98. The van der Waals surface area contributed by atoms with E-state index < -0.39 is 5.97 Å². The van der Waals surface area contributed by atoms with Crippen molar-refractivity contribution in [3.05, 3.63) is 33.9 Å². The van der Waals surface area contributed by atoms with E-state index in [4.69, 9.17) is 18.9 Å². The molecule has 0 amide bonds. The van der Waals surface area contributed by atoms with E-state index >= 15 is 0 Å². The molecule has 2 aliphatic heterocycles. The zero-order valence-electron chi connectivity index (χ0n) is 18.5. The Morgan fingerprint density at radius 2 is 2.00 bits per heavy atom. The normalized spacial score (nSPS) is 16.7. The lowest BCUT2D eigenvalue weighted by Crippen LogP contribution is -2.38. The predicted molar refractivity (Wildman–Crippen MR) is 113 cm³/mol. The summed E-state index contributed by atoms with van der Waals surface area (Å²) in [5.74, 6) is -0.273. The number of hydrogen-bond acceptors (Lipinski definition) is 8. The van der Waals surface area contributed by atoms with E-state index in [1.807, 2.05) is 19.9 Å². The molecule has 170 valence electrons. The Hall–Kier alpha value is -2.58. The zero-order chi connectivity index (χ0) is 22.4. The van der Waals surface area contributed by atoms with E-state index in [1.54, 1.807) is 7.11 Å². The maximum atomic E-state index is 12.0. The number of phenols is 1. The largest absolute Gasteiger partial charge is 0.507 e. The van der Waals surface area contributed by atoms with Crippen molar-refractivity contribution < 1.29 is 33.6 Å². The van der Waals surface area contributed by atoms with Crippen molar-refractivity contribution in [2.75, 3.05) is 46.6 Å². The average molecular weight is 434 g/mol. The Bertz CT molecular complexity index is 856. The average Bonchev–Trinajstić information content (AvgIpc) is 3.16. The molecule has 1 fully saturated rings. The summed E-state index contributed by atoms with van der Waals surface area (Å²) in [6.45, 7) is 8.23. The standard InChI is InChI=1S/C23H31NO7/c1-15(5-7-19(25)30-13-10-24-8-11-29-12-9-24)4-6-17-21(26)20-18(14-31-23(20)27)16(2)22(17)28-3/h4,26H,5-14H2,1-3H3/b15-4-. The molecule has 1 aromatic carbocycles. The fourth-order valence-electron chi connectivity index (χ4n) is 3.89. The molecule has 1 aromatic rings. The number of ether oxygens (including phenoxy) is 4. The molecular weight excluding hydrogens is 402 g/mol. The van der Waals surface area contributed by atoms with Gasteiger partial charge in [0.2, 0.25) is 0 Å². The minimum Gasteiger partial charge on any atom is -0.507 e. The van der Waals surface area contributed by atoms with Crippen molar-refractivity contribution in [3.8, 4) is 11.5 Å². The number of carbonyl (C=O) groups is 2. The molecule has 0 spiro atoms. The van der Waals surface area contributed by atoms with Gasteiger partial charge in [-0.15, -0.1) is 0 Å². The number of morpholine rings is 1. The van der Waals surface area contributed by atoms with Crippen LogP contribution in [0.4, 0.5) is 0 Å². The smallest absolute Gasteiger partial charge is 0.342 e. The Balaban J connectivity index is 1.53. The molecule has 31 heavy (non-hydrogen) atoms. The highest BCUT2D eigenvalue weighted by Gasteiger charge is 2.31. The van der Waals surface area contributed by atoms with E-state index in [9.17, 15) is 14.7 Å². The van der Waals surface area contributed by atoms with Gasteiger partial charge in [-0.2, -0.15) is 0 Å². The Kier molecular flexibility index (Phi) is 7.92. The Morgan fingerprint density at radius 1 is 1.26 bits per heavy atom. The van der Waals surface area contributed by atoms with Crippen LogP contribution in [0.25, 0.3) is 0 Å². The number of benzene rings is 1. The quantitative estimate of drug-likeness (QED) is 0.469. The van der Waals surface area contributed by atoms with Crippen molar-refractivity contribution in [1.82, 2.24) is 4.90 Å². The summed E-state index contributed by atoms with van der Waals surface area (Å²) in [5, 5.41) is 10.7. The monoisotopic (exact) mass is 433 g/mol. The van der Waals surface area contributed by atoms with Crippen LogP contribution in [-0.2, 0) is 32.0 Å². The number of cyclic esters (lactones) is 1. The lowest BCUT2D eigenvalue weighted by Gasteiger charge is -2.26. The minimum atomic E-state index is -0.514. The van der Waals surface area contributed by atoms with Gasteiger partial charge in [-0.3, -0.25) is 9.69 Å². The van der Waals surface area contributed by atoms with Gasteiger partial charge in [0.05, 0.1) is 20.3 Å². The third-order valence-corrected chi connectivity index (χ3v) is 5.80. The summed E-state index contributed by atoms with van der Waals surface area (Å²) in [6, 6.07) is 0. The molecule has 2 aliphatic rings. The van der Waals surface area contributed by atoms with Gasteiger partial charge in [-0.1, -0.05) is 11.6 Å². The maximum Gasteiger partial charge on any atom is 0.342 e. The molecule has 0 atom stereocenters. The van der Waals surface area contributed by atoms with Crippen LogP contribution >= 0.6 is 0 Å². The van der Waals surface area contributed by atoms with Gasteiger partial charge in [0, 0.05) is 37.2 Å². The number of nitrogens with zero attached hydrogens (tertiary/aromatic N) is 1. The first-order valence-corrected chi connectivity index (χ1v) is 10.6. The van der Waals surface area contributed by atoms with Gasteiger partial charge in [-0.25, -0.2) is 4.79 Å². The van der Waals surface area contributed by atoms with Crippen LogP contribution in [0.2, 0.25) is 0 Å². The molecule has 1 saturated heterocycles. The van der Waals surface area contributed by atoms with Crippen molar-refractivity contribution in [1.29, 1.82) is 0 Å². The zero-order valence-corrected chi connectivity index (χ0v) is 18.5. The lowest BCUT2D eigenvalue weighted by atomic mass is 9.94. The molecule has 0 aromatic heterocycles. The third kappa shape index (κ3) is 5.57. The van der Waals surface area contributed by atoms with E-state index in [0.29, 0.717) is 42.7 Å². The van der Waals surface area contributed by atoms with Crippen molar-refractivity contribution >= 4 is 11.9 Å². The van der Waals surface area contributed by atoms with Crippen LogP contribution < -0.4 is 4.74 Å². The topological polar surface area (TPSA) is 94.5 Å². The van der Waals surface area contributed by atoms with Gasteiger partial charge in [-0.05, 0) is 32.3 Å². The number of hydrogen-bond donors (Lipinski definition) is 1. The number of rotatable bonds is 9. The second-order valence-electron chi connectivity index (χ2n) is 7.84. The molecule has 8 heteroatoms. The first-order valence-electron chi connectivity index (χ1n) is 10.6. The van der Waals surface area contributed by atoms with Crippen molar-refractivity contribution in [2.24, 2.45) is 0 Å². The fraction of sp³-hybridized carbons (Fsp3) is 0.565. The highest BCUT2D eigenvalue weighted by Crippen LogP contribution is 2.42. The summed E-state index contributed by atoms with van der Waals surface area (Å²) in [4.78, 5) is 26.2. The molecule has 0 unspecified atom stereocenters. The summed E-state index contributed by atoms with van der Waals surface area (Å²) < 4.78 is 21.2. The molecule has 0 saturated carbocycles. The Morgan fingerprint density at radius 3 is 2.71 bits per heavy atom. The summed E-state index contributed by atoms with van der Waals surface area (Å²) in [6.07, 6.45) is 3.18. The van der Waals surface area contributed by atoms with Gasteiger partial charge < -0.3 is 24.1 Å². The van der Waals surface area contributed by atoms with E-state index in [1.165, 1.54) is 0 Å². The van der Waals surface area contributed by atoms with E-state index in [-0.39, 0.29) is 23.9 Å². The number of methoxy groups -OCH3 is 1. The van der Waals surface area contributed by atoms with Crippen LogP contribution in [0.1, 0.15) is 46.8 Å². The van der Waals surface area contributed by atoms with Gasteiger partial charge in [0.25, 0.3) is 0 Å². The molecule has 0 aliphatic carbocycles. The fourth-order valence-corrected chi connectivity index (χ4v) is 3.89. The van der Waals surface area contributed by atoms with Crippen molar-refractivity contribution in [3.63, 3.8) is 0 Å². The number of phenolic OH excluding ortho intramolecular Hbond substituents is 1. The van der Waals surface area contributed by atoms with Crippen molar-refractivity contribution in [2.45, 2.75) is 39.7 Å². The molecule has 8 nitrogen and oxygen atoms in total. The maximum absolute atomic E-state index is 12.0. The second-order valence-corrected chi connectivity index (χ2v) is 7.84. The van der Waals surface area contributed by atoms with Gasteiger partial charge in [0.1, 0.15) is 30.3 Å². The number of fused-ring (bicyclic) bond motifs is 1. The molecule has 1 N–H and O–H groups in total. The van der Waals surface area contributed by atoms with Crippen LogP contribution in [-0.4, -0.2) is 68.5 Å². The SMILES string of the molecule is COc1c(C)c2c(c(O)c1C/C=C(/C)CCC(=O)OCCN1CCOCC1)C(=O)OC2. The van der Waals surface area contributed by atoms with E-state index in [2.05, 4.69) is 4.90 Å². The molecule has 3 rings (SSSR count). The van der Waals surface area contributed by atoms with Crippen LogP contribution in [0, 0.1) is 6.92 Å². The first-order chi connectivity index (χ1) is 14.9. The highest BCUT2D eigenvalue weighted by atomic mass is 16.5. The predicted octanol–water partition coefficient (Wildman–Crippen LogP) is 2.52. The van der Waals surface area contributed by atoms with Crippen LogP contribution in [0.15, 0.2) is 11.6 Å². The van der Waals surface area contributed by atoms with Gasteiger partial charge >= 0.3 is 11.9 Å². The molecule has 2 heterocycles. The second kappa shape index (κ2) is 10.6. The van der Waals surface area contributed by atoms with Gasteiger partial charge in [0.15, 0.2) is 0 Å². The number of carbonyl (C=O) groups excluding carboxylic acids is 2. The molecule has 0 radical (unpaired) electrons. The first kappa shape index (κ1) is 23.1. The minimum absolute atomic E-state index is 0.0912. The Labute approximate surface area is 182 Å². The van der Waals surface area contributed by atoms with E-state index in [0.717, 1.165) is 44.0 Å². The lowest BCUT2D eigenvalue weighted by molar-refractivity contribution is -0.144. The number of esters is 2. The summed E-state index contributed by atoms with van der Waals surface area (Å²) in [5.41, 5.74) is 3.23. The molecular formula is C23H31NO7. The summed E-state index contributed by atoms with van der Waals surface area (Å²) in [7, 11) is 1.54. The third-order valence-electron chi connectivity index (χ3n) is 5.80. The number of aromatic hydroxyl groups is 1. The molecule has 0 bridgehead atoms.